The lowest BCUT2D eigenvalue weighted by atomic mass is 9.73. The molecule has 0 unspecified atom stereocenters. The molecule has 0 bridgehead atoms. The molecule has 0 amide bonds. The number of carboxylic acids is 1. The molecule has 0 atom stereocenters. The van der Waals surface area contributed by atoms with Gasteiger partial charge in [-0.1, -0.05) is 30.3 Å². The van der Waals surface area contributed by atoms with Gasteiger partial charge in [0, 0.05) is 30.7 Å². The molecular formula is C24H26N4O3. The average molecular weight is 418 g/mol. The van der Waals surface area contributed by atoms with Crippen LogP contribution in [0.5, 0.6) is 5.88 Å². The van der Waals surface area contributed by atoms with E-state index in [2.05, 4.69) is 32.0 Å². The fourth-order valence-corrected chi connectivity index (χ4v) is 4.09. The molecule has 160 valence electrons. The predicted molar refractivity (Wildman–Crippen MR) is 117 cm³/mol. The summed E-state index contributed by atoms with van der Waals surface area (Å²) in [6.45, 7) is 4.63. The fourth-order valence-electron chi connectivity index (χ4n) is 4.09. The van der Waals surface area contributed by atoms with Crippen LogP contribution >= 0.6 is 0 Å². The summed E-state index contributed by atoms with van der Waals surface area (Å²) in [7, 11) is 0. The standard InChI is InChI=1S/C24H26N4O3/c1-2-31-22-20(9-6-12-25-22)21-26-15-19(16-27-21)24(23(29)30)10-13-28(14-11-24)17-18-7-4-3-5-8-18/h3-9,12,15-16H,2,10-11,13-14,17H2,1H3,(H,29,30). The van der Waals surface area contributed by atoms with E-state index in [1.54, 1.807) is 24.7 Å². The number of piperidine rings is 1. The number of hydrogen-bond donors (Lipinski definition) is 1. The number of hydrogen-bond acceptors (Lipinski definition) is 6. The smallest absolute Gasteiger partial charge is 0.314 e. The van der Waals surface area contributed by atoms with Crippen molar-refractivity contribution in [2.75, 3.05) is 19.7 Å². The first-order valence-electron chi connectivity index (χ1n) is 10.5. The maximum atomic E-state index is 12.3. The van der Waals surface area contributed by atoms with Gasteiger partial charge in [0.05, 0.1) is 17.6 Å². The number of carbonyl (C=O) groups is 1. The number of carboxylic acid groups (broad SMARTS) is 1. The highest BCUT2D eigenvalue weighted by molar-refractivity contribution is 5.81. The molecule has 1 N–H and O–H groups in total. The van der Waals surface area contributed by atoms with Gasteiger partial charge in [-0.3, -0.25) is 9.69 Å². The van der Waals surface area contributed by atoms with Crippen LogP contribution in [0.2, 0.25) is 0 Å². The van der Waals surface area contributed by atoms with Gasteiger partial charge in [-0.25, -0.2) is 15.0 Å². The highest BCUT2D eigenvalue weighted by Crippen LogP contribution is 2.36. The number of pyridine rings is 1. The first-order chi connectivity index (χ1) is 15.1. The van der Waals surface area contributed by atoms with E-state index in [0.717, 1.165) is 6.54 Å². The SMILES string of the molecule is CCOc1ncccc1-c1ncc(C2(C(=O)O)CCN(Cc3ccccc3)CC2)cn1. The molecule has 1 fully saturated rings. The van der Waals surface area contributed by atoms with Gasteiger partial charge in [0.1, 0.15) is 0 Å². The average Bonchev–Trinajstić information content (AvgIpc) is 2.81. The summed E-state index contributed by atoms with van der Waals surface area (Å²) in [5, 5.41) is 10.1. The summed E-state index contributed by atoms with van der Waals surface area (Å²) in [6.07, 6.45) is 5.99. The molecule has 7 heteroatoms. The summed E-state index contributed by atoms with van der Waals surface area (Å²) in [5.41, 5.74) is 1.60. The Balaban J connectivity index is 1.52. The van der Waals surface area contributed by atoms with Crippen LogP contribution in [0.4, 0.5) is 0 Å². The molecule has 1 aromatic carbocycles. The summed E-state index contributed by atoms with van der Waals surface area (Å²) >= 11 is 0. The third-order valence-electron chi connectivity index (χ3n) is 5.87. The van der Waals surface area contributed by atoms with Crippen molar-refractivity contribution in [3.63, 3.8) is 0 Å². The van der Waals surface area contributed by atoms with Crippen molar-refractivity contribution in [3.05, 3.63) is 72.2 Å². The van der Waals surface area contributed by atoms with E-state index in [1.165, 1.54) is 5.56 Å². The molecular weight excluding hydrogens is 392 g/mol. The van der Waals surface area contributed by atoms with Crippen LogP contribution < -0.4 is 4.74 Å². The van der Waals surface area contributed by atoms with E-state index in [1.807, 2.05) is 31.2 Å². The first-order valence-corrected chi connectivity index (χ1v) is 10.5. The van der Waals surface area contributed by atoms with E-state index in [4.69, 9.17) is 4.74 Å². The summed E-state index contributed by atoms with van der Waals surface area (Å²) in [5.74, 6) is 0.127. The van der Waals surface area contributed by atoms with Crippen LogP contribution in [0.25, 0.3) is 11.4 Å². The van der Waals surface area contributed by atoms with Crippen LogP contribution in [0.3, 0.4) is 0 Å². The van der Waals surface area contributed by atoms with Crippen LogP contribution in [0.1, 0.15) is 30.9 Å². The molecule has 1 saturated heterocycles. The second-order valence-corrected chi connectivity index (χ2v) is 7.73. The summed E-state index contributed by atoms with van der Waals surface area (Å²) in [4.78, 5) is 27.8. The Labute approximate surface area is 181 Å². The largest absolute Gasteiger partial charge is 0.481 e. The van der Waals surface area contributed by atoms with Crippen molar-refractivity contribution in [2.24, 2.45) is 0 Å². The van der Waals surface area contributed by atoms with E-state index >= 15 is 0 Å². The Hall–Kier alpha value is -3.32. The molecule has 1 aliphatic heterocycles. The van der Waals surface area contributed by atoms with Gasteiger partial charge in [-0.15, -0.1) is 0 Å². The third kappa shape index (κ3) is 4.41. The fraction of sp³-hybridized carbons (Fsp3) is 0.333. The van der Waals surface area contributed by atoms with E-state index in [-0.39, 0.29) is 0 Å². The van der Waals surface area contributed by atoms with E-state index < -0.39 is 11.4 Å². The highest BCUT2D eigenvalue weighted by atomic mass is 16.5. The molecule has 3 heterocycles. The van der Waals surface area contributed by atoms with Crippen molar-refractivity contribution in [1.29, 1.82) is 0 Å². The molecule has 0 radical (unpaired) electrons. The maximum Gasteiger partial charge on any atom is 0.314 e. The number of nitrogens with zero attached hydrogens (tertiary/aromatic N) is 4. The zero-order valence-electron chi connectivity index (χ0n) is 17.6. The second kappa shape index (κ2) is 9.22. The first kappa shape index (κ1) is 20.9. The molecule has 4 rings (SSSR count). The molecule has 2 aromatic heterocycles. The van der Waals surface area contributed by atoms with E-state index in [0.29, 0.717) is 55.4 Å². The minimum Gasteiger partial charge on any atom is -0.481 e. The predicted octanol–water partition coefficient (Wildman–Crippen LogP) is 3.56. The van der Waals surface area contributed by atoms with Gasteiger partial charge < -0.3 is 9.84 Å². The third-order valence-corrected chi connectivity index (χ3v) is 5.87. The van der Waals surface area contributed by atoms with Gasteiger partial charge in [-0.05, 0) is 50.6 Å². The van der Waals surface area contributed by atoms with Crippen molar-refractivity contribution in [1.82, 2.24) is 19.9 Å². The molecule has 31 heavy (non-hydrogen) atoms. The van der Waals surface area contributed by atoms with Crippen molar-refractivity contribution in [2.45, 2.75) is 31.7 Å². The minimum absolute atomic E-state index is 0.472. The highest BCUT2D eigenvalue weighted by Gasteiger charge is 2.43. The van der Waals surface area contributed by atoms with Crippen molar-refractivity contribution >= 4 is 5.97 Å². The lowest BCUT2D eigenvalue weighted by Crippen LogP contribution is -2.47. The second-order valence-electron chi connectivity index (χ2n) is 7.73. The Morgan fingerprint density at radius 2 is 1.77 bits per heavy atom. The van der Waals surface area contributed by atoms with Gasteiger partial charge in [0.15, 0.2) is 5.82 Å². The van der Waals surface area contributed by atoms with Crippen LogP contribution in [0, 0.1) is 0 Å². The summed E-state index contributed by atoms with van der Waals surface area (Å²) in [6, 6.07) is 13.9. The Morgan fingerprint density at radius 3 is 2.42 bits per heavy atom. The van der Waals surface area contributed by atoms with Crippen molar-refractivity contribution < 1.29 is 14.6 Å². The molecule has 1 aliphatic rings. The normalized spacial score (nSPS) is 16.0. The number of aromatic nitrogens is 3. The molecule has 3 aromatic rings. The molecule has 7 nitrogen and oxygen atoms in total. The number of ether oxygens (including phenoxy) is 1. The number of likely N-dealkylation sites (tertiary alicyclic amines) is 1. The van der Waals surface area contributed by atoms with Gasteiger partial charge in [0.2, 0.25) is 5.88 Å². The number of rotatable bonds is 7. The Bertz CT molecular complexity index is 1020. The number of benzene rings is 1. The van der Waals surface area contributed by atoms with Gasteiger partial charge in [-0.2, -0.15) is 0 Å². The Morgan fingerprint density at radius 1 is 1.06 bits per heavy atom. The van der Waals surface area contributed by atoms with E-state index in [9.17, 15) is 9.90 Å². The maximum absolute atomic E-state index is 12.3. The zero-order chi connectivity index (χ0) is 21.7. The van der Waals surface area contributed by atoms with Crippen molar-refractivity contribution in [3.8, 4) is 17.3 Å². The van der Waals surface area contributed by atoms with Crippen LogP contribution in [-0.4, -0.2) is 50.6 Å². The topological polar surface area (TPSA) is 88.4 Å². The number of aliphatic carboxylic acids is 1. The summed E-state index contributed by atoms with van der Waals surface area (Å²) < 4.78 is 5.57. The lowest BCUT2D eigenvalue weighted by molar-refractivity contribution is -0.146. The van der Waals surface area contributed by atoms with Crippen LogP contribution in [0.15, 0.2) is 61.1 Å². The zero-order valence-corrected chi connectivity index (χ0v) is 17.6. The van der Waals surface area contributed by atoms with Gasteiger partial charge in [0.25, 0.3) is 0 Å². The quantitative estimate of drug-likeness (QED) is 0.628. The van der Waals surface area contributed by atoms with Crippen LogP contribution in [-0.2, 0) is 16.8 Å². The van der Waals surface area contributed by atoms with Gasteiger partial charge >= 0.3 is 5.97 Å². The minimum atomic E-state index is -0.969. The molecule has 0 spiro atoms. The lowest BCUT2D eigenvalue weighted by Gasteiger charge is -2.38. The molecule has 0 saturated carbocycles. The Kier molecular flexibility index (Phi) is 6.23. The molecule has 0 aliphatic carbocycles. The monoisotopic (exact) mass is 418 g/mol.